The Labute approximate surface area is 165 Å². The molecule has 0 bridgehead atoms. The summed E-state index contributed by atoms with van der Waals surface area (Å²) >= 11 is 0. The van der Waals surface area contributed by atoms with Crippen LogP contribution in [0, 0.1) is 0 Å². The second-order valence-corrected chi connectivity index (χ2v) is 7.95. The van der Waals surface area contributed by atoms with Gasteiger partial charge in [0, 0.05) is 0 Å². The molecule has 4 nitrogen and oxygen atoms in total. The molecule has 0 aliphatic rings. The number of unbranched alkanes of at least 4 members (excludes halogenated alkanes) is 9. The molecule has 0 aliphatic heterocycles. The van der Waals surface area contributed by atoms with E-state index in [1.165, 1.54) is 44.9 Å². The predicted molar refractivity (Wildman–Crippen MR) is 90.9 cm³/mol. The van der Waals surface area contributed by atoms with Gasteiger partial charge in [0.25, 0.3) is 0 Å². The zero-order chi connectivity index (χ0) is 16.8. The topological polar surface area (TPSA) is 77.4 Å². The first-order chi connectivity index (χ1) is 10.4. The van der Waals surface area contributed by atoms with Gasteiger partial charge in [0.2, 0.25) is 0 Å². The Bertz CT molecular complexity index is 347. The van der Waals surface area contributed by atoms with Crippen LogP contribution in [0.15, 0.2) is 0 Å². The van der Waals surface area contributed by atoms with Gasteiger partial charge in [-0.3, -0.25) is 0 Å². The van der Waals surface area contributed by atoms with E-state index in [-0.39, 0.29) is 29.6 Å². The summed E-state index contributed by atoms with van der Waals surface area (Å²) in [5.74, 6) is 0. The SMILES string of the molecule is CCCCCCCCCCCCC(C(O)CCC)S(=O)(=O)[O-].[Na+]. The summed E-state index contributed by atoms with van der Waals surface area (Å²) in [5, 5.41) is 8.69. The molecule has 0 heterocycles. The quantitative estimate of drug-likeness (QED) is 0.272. The van der Waals surface area contributed by atoms with Gasteiger partial charge in [-0.05, 0) is 12.8 Å². The molecule has 6 heteroatoms. The molecule has 0 spiro atoms. The summed E-state index contributed by atoms with van der Waals surface area (Å²) in [6, 6.07) is 0. The third-order valence-electron chi connectivity index (χ3n) is 4.23. The predicted octanol–water partition coefficient (Wildman–Crippen LogP) is 1.38. The molecule has 0 rings (SSSR count). The largest absolute Gasteiger partial charge is 1.00 e. The fourth-order valence-electron chi connectivity index (χ4n) is 2.84. The van der Waals surface area contributed by atoms with E-state index in [2.05, 4.69) is 6.92 Å². The van der Waals surface area contributed by atoms with Gasteiger partial charge in [0.15, 0.2) is 0 Å². The molecular formula is C17H35NaO4S. The maximum absolute atomic E-state index is 11.2. The molecular weight excluding hydrogens is 323 g/mol. The molecule has 0 fully saturated rings. The molecule has 0 saturated carbocycles. The van der Waals surface area contributed by atoms with E-state index in [1.54, 1.807) is 0 Å². The van der Waals surface area contributed by atoms with Crippen molar-refractivity contribution in [3.8, 4) is 0 Å². The Morgan fingerprint density at radius 1 is 0.783 bits per heavy atom. The molecule has 0 aromatic carbocycles. The van der Waals surface area contributed by atoms with Gasteiger partial charge in [-0.25, -0.2) is 8.42 Å². The van der Waals surface area contributed by atoms with E-state index in [0.717, 1.165) is 12.8 Å². The first kappa shape index (κ1) is 26.1. The number of rotatable bonds is 15. The third-order valence-corrected chi connectivity index (χ3v) is 5.52. The van der Waals surface area contributed by atoms with Crippen LogP contribution in [0.4, 0.5) is 0 Å². The molecule has 0 aromatic rings. The Balaban J connectivity index is 0. The van der Waals surface area contributed by atoms with Crippen LogP contribution >= 0.6 is 0 Å². The van der Waals surface area contributed by atoms with Gasteiger partial charge < -0.3 is 9.66 Å². The Morgan fingerprint density at radius 2 is 1.22 bits per heavy atom. The number of aliphatic hydroxyl groups excluding tert-OH is 1. The van der Waals surface area contributed by atoms with E-state index in [4.69, 9.17) is 0 Å². The van der Waals surface area contributed by atoms with Crippen molar-refractivity contribution in [2.24, 2.45) is 0 Å². The minimum Gasteiger partial charge on any atom is -0.748 e. The summed E-state index contributed by atoms with van der Waals surface area (Å²) < 4.78 is 33.7. The first-order valence-corrected chi connectivity index (χ1v) is 10.5. The van der Waals surface area contributed by atoms with Gasteiger partial charge in [0.1, 0.15) is 10.1 Å². The summed E-state index contributed by atoms with van der Waals surface area (Å²) in [4.78, 5) is 0. The van der Waals surface area contributed by atoms with Crippen molar-refractivity contribution in [1.29, 1.82) is 0 Å². The summed E-state index contributed by atoms with van der Waals surface area (Å²) in [6.07, 6.45) is 12.0. The average molecular weight is 359 g/mol. The molecule has 0 amide bonds. The zero-order valence-corrected chi connectivity index (χ0v) is 18.2. The van der Waals surface area contributed by atoms with Crippen LogP contribution in [-0.4, -0.2) is 29.4 Å². The molecule has 2 atom stereocenters. The van der Waals surface area contributed by atoms with Crippen molar-refractivity contribution in [1.82, 2.24) is 0 Å². The van der Waals surface area contributed by atoms with E-state index in [9.17, 15) is 18.1 Å². The van der Waals surface area contributed by atoms with Gasteiger partial charge in [-0.15, -0.1) is 0 Å². The zero-order valence-electron chi connectivity index (χ0n) is 15.4. The van der Waals surface area contributed by atoms with Crippen LogP contribution in [0.5, 0.6) is 0 Å². The van der Waals surface area contributed by atoms with Crippen molar-refractivity contribution in [2.45, 2.75) is 109 Å². The Morgan fingerprint density at radius 3 is 1.61 bits per heavy atom. The minimum absolute atomic E-state index is 0. The van der Waals surface area contributed by atoms with Gasteiger partial charge in [0.05, 0.1) is 11.4 Å². The smallest absolute Gasteiger partial charge is 0.748 e. The number of hydrogen-bond donors (Lipinski definition) is 1. The van der Waals surface area contributed by atoms with Crippen molar-refractivity contribution in [2.75, 3.05) is 0 Å². The van der Waals surface area contributed by atoms with Crippen molar-refractivity contribution in [3.63, 3.8) is 0 Å². The van der Waals surface area contributed by atoms with E-state index in [0.29, 0.717) is 25.7 Å². The van der Waals surface area contributed by atoms with Crippen LogP contribution in [0.3, 0.4) is 0 Å². The first-order valence-electron chi connectivity index (χ1n) is 9.06. The number of aliphatic hydroxyl groups is 1. The van der Waals surface area contributed by atoms with E-state index >= 15 is 0 Å². The maximum Gasteiger partial charge on any atom is 1.00 e. The maximum atomic E-state index is 11.2. The summed E-state index contributed by atoms with van der Waals surface area (Å²) in [6.45, 7) is 4.09. The van der Waals surface area contributed by atoms with Gasteiger partial charge >= 0.3 is 29.6 Å². The molecule has 134 valence electrons. The molecule has 2 unspecified atom stereocenters. The standard InChI is InChI=1S/C17H36O4S.Na/c1-3-5-6-7-8-9-10-11-12-13-15-17(22(19,20)21)16(18)14-4-2;/h16-18H,3-15H2,1-2H3,(H,19,20,21);/q;+1/p-1. The Kier molecular flexibility index (Phi) is 18.5. The number of hydrogen-bond acceptors (Lipinski definition) is 4. The van der Waals surface area contributed by atoms with Crippen LogP contribution < -0.4 is 29.6 Å². The van der Waals surface area contributed by atoms with Crippen LogP contribution in [-0.2, 0) is 10.1 Å². The average Bonchev–Trinajstić information content (AvgIpc) is 2.43. The molecule has 0 aliphatic carbocycles. The Hall–Kier alpha value is 0.870. The summed E-state index contributed by atoms with van der Waals surface area (Å²) in [7, 11) is -4.40. The fourth-order valence-corrected chi connectivity index (χ4v) is 3.82. The minimum atomic E-state index is -4.40. The molecule has 0 radical (unpaired) electrons. The van der Waals surface area contributed by atoms with Gasteiger partial charge in [-0.2, -0.15) is 0 Å². The van der Waals surface area contributed by atoms with Crippen LogP contribution in [0.1, 0.15) is 97.3 Å². The monoisotopic (exact) mass is 358 g/mol. The summed E-state index contributed by atoms with van der Waals surface area (Å²) in [5.41, 5.74) is 0. The fraction of sp³-hybridized carbons (Fsp3) is 1.00. The molecule has 1 N–H and O–H groups in total. The normalized spacial score (nSPS) is 14.3. The van der Waals surface area contributed by atoms with Crippen molar-refractivity contribution >= 4 is 10.1 Å². The second kappa shape index (κ2) is 16.3. The molecule has 23 heavy (non-hydrogen) atoms. The van der Waals surface area contributed by atoms with Crippen molar-refractivity contribution < 1.29 is 47.6 Å². The molecule has 0 saturated heterocycles. The van der Waals surface area contributed by atoms with E-state index < -0.39 is 21.5 Å². The van der Waals surface area contributed by atoms with E-state index in [1.807, 2.05) is 6.92 Å². The van der Waals surface area contributed by atoms with Crippen molar-refractivity contribution in [3.05, 3.63) is 0 Å². The molecule has 0 aromatic heterocycles. The second-order valence-electron chi connectivity index (χ2n) is 6.36. The van der Waals surface area contributed by atoms with Crippen LogP contribution in [0.25, 0.3) is 0 Å². The third kappa shape index (κ3) is 14.9. The van der Waals surface area contributed by atoms with Gasteiger partial charge in [-0.1, -0.05) is 84.5 Å². The van der Waals surface area contributed by atoms with Crippen LogP contribution in [0.2, 0.25) is 0 Å².